The molecule has 1 N–H and O–H groups in total. The van der Waals surface area contributed by atoms with Crippen LogP contribution in [0.2, 0.25) is 0 Å². The number of para-hydroxylation sites is 1. The second kappa shape index (κ2) is 13.8. The van der Waals surface area contributed by atoms with E-state index in [1.165, 1.54) is 99.4 Å². The highest BCUT2D eigenvalue weighted by Gasteiger charge is 2.53. The van der Waals surface area contributed by atoms with Gasteiger partial charge in [0.2, 0.25) is 0 Å². The van der Waals surface area contributed by atoms with Gasteiger partial charge in [-0.15, -0.1) is 0 Å². The summed E-state index contributed by atoms with van der Waals surface area (Å²) in [5.74, 6) is 0.908. The van der Waals surface area contributed by atoms with Gasteiger partial charge in [-0.1, -0.05) is 194 Å². The summed E-state index contributed by atoms with van der Waals surface area (Å²) >= 11 is 0. The molecule has 67 heavy (non-hydrogen) atoms. The van der Waals surface area contributed by atoms with Crippen molar-refractivity contribution in [1.82, 2.24) is 14.5 Å². The van der Waals surface area contributed by atoms with Crippen LogP contribution in [0.5, 0.6) is 0 Å². The van der Waals surface area contributed by atoms with Crippen LogP contribution in [0.15, 0.2) is 217 Å². The molecule has 0 bridgehead atoms. The summed E-state index contributed by atoms with van der Waals surface area (Å²) < 4.78 is 5.09. The molecule has 314 valence electrons. The van der Waals surface area contributed by atoms with Gasteiger partial charge in [-0.25, -0.2) is 4.99 Å². The molecule has 1 spiro atoms. The highest BCUT2D eigenvalue weighted by Crippen LogP contribution is 2.65. The first-order chi connectivity index (χ1) is 33.3. The van der Waals surface area contributed by atoms with Crippen molar-refractivity contribution in [3.63, 3.8) is 0 Å². The number of fused-ring (bicyclic) bond motifs is 19. The lowest BCUT2D eigenvalue weighted by molar-refractivity contribution is 0.660. The van der Waals surface area contributed by atoms with Crippen molar-refractivity contribution in [3.05, 3.63) is 257 Å². The largest absolute Gasteiger partial charge is 0.359 e. The van der Waals surface area contributed by atoms with Crippen LogP contribution in [0.1, 0.15) is 57.2 Å². The average Bonchev–Trinajstić information content (AvgIpc) is 4.11. The van der Waals surface area contributed by atoms with Gasteiger partial charge in [0, 0.05) is 56.0 Å². The predicted molar refractivity (Wildman–Crippen MR) is 277 cm³/mol. The Kier molecular flexibility index (Phi) is 7.57. The molecule has 15 rings (SSSR count). The smallest absolute Gasteiger partial charge is 0.147 e. The Morgan fingerprint density at radius 1 is 0.522 bits per heavy atom. The number of allylic oxidation sites excluding steroid dienone is 2. The highest BCUT2D eigenvalue weighted by molar-refractivity contribution is 6.22. The molecule has 0 fully saturated rings. The van der Waals surface area contributed by atoms with Crippen molar-refractivity contribution in [2.45, 2.75) is 24.4 Å². The van der Waals surface area contributed by atoms with E-state index in [1.807, 2.05) is 0 Å². The molecule has 4 nitrogen and oxygen atoms in total. The lowest BCUT2D eigenvalue weighted by Gasteiger charge is -2.30. The third-order valence-electron chi connectivity index (χ3n) is 15.2. The van der Waals surface area contributed by atoms with Crippen LogP contribution in [0.25, 0.3) is 83.2 Å². The van der Waals surface area contributed by atoms with Gasteiger partial charge in [-0.05, 0) is 86.3 Å². The molecule has 11 aromatic rings. The first-order valence-corrected chi connectivity index (χ1v) is 23.6. The summed E-state index contributed by atoms with van der Waals surface area (Å²) in [5, 5.41) is 10.1. The zero-order chi connectivity index (χ0) is 43.8. The number of aliphatic imine (C=N–C) groups is 1. The quantitative estimate of drug-likeness (QED) is 0.189. The van der Waals surface area contributed by atoms with E-state index in [9.17, 15) is 0 Å². The van der Waals surface area contributed by atoms with Crippen LogP contribution >= 0.6 is 0 Å². The standard InChI is InChI=1S/C63H42N4/c1-3-18-40(19-4-1)54-38-57(65-62(64-54)41-20-5-2-6-21-41)67-56-30-16-12-24-45(56)47-34-36-53-59(61(47)67)49-26-10-14-28-51(49)63(53)50-27-13-9-25-48(50)58-52(63)35-33-46-44-23-11-15-29-55(44)66(60(46)58)43-32-31-39-17-7-8-22-42(39)37-43/h1-14,16-28,30-38,62,64H,15,29H2. The van der Waals surface area contributed by atoms with E-state index in [2.05, 4.69) is 233 Å². The maximum absolute atomic E-state index is 5.62. The van der Waals surface area contributed by atoms with Crippen molar-refractivity contribution in [1.29, 1.82) is 0 Å². The van der Waals surface area contributed by atoms with Gasteiger partial charge in [0.25, 0.3) is 0 Å². The van der Waals surface area contributed by atoms with Gasteiger partial charge in [0.05, 0.1) is 22.0 Å². The lowest BCUT2D eigenvalue weighted by atomic mass is 9.70. The molecule has 0 saturated carbocycles. The topological polar surface area (TPSA) is 34.2 Å². The van der Waals surface area contributed by atoms with Crippen molar-refractivity contribution in [2.24, 2.45) is 4.99 Å². The molecular weight excluding hydrogens is 813 g/mol. The first kappa shape index (κ1) is 36.8. The molecule has 4 heteroatoms. The van der Waals surface area contributed by atoms with Crippen molar-refractivity contribution < 1.29 is 0 Å². The third-order valence-corrected chi connectivity index (χ3v) is 15.2. The zero-order valence-electron chi connectivity index (χ0n) is 36.6. The molecule has 2 aromatic heterocycles. The number of aromatic nitrogens is 2. The minimum Gasteiger partial charge on any atom is -0.359 e. The fourth-order valence-corrected chi connectivity index (χ4v) is 12.5. The van der Waals surface area contributed by atoms with Crippen molar-refractivity contribution >= 4 is 61.1 Å². The van der Waals surface area contributed by atoms with Gasteiger partial charge in [0.15, 0.2) is 0 Å². The second-order valence-electron chi connectivity index (χ2n) is 18.5. The predicted octanol–water partition coefficient (Wildman–Crippen LogP) is 14.8. The van der Waals surface area contributed by atoms with Gasteiger partial charge in [-0.3, -0.25) is 4.57 Å². The molecule has 1 aliphatic heterocycles. The Balaban J connectivity index is 1.06. The summed E-state index contributed by atoms with van der Waals surface area (Å²) in [6, 6.07) is 74.2. The summed E-state index contributed by atoms with van der Waals surface area (Å²) in [6.45, 7) is 0. The van der Waals surface area contributed by atoms with E-state index < -0.39 is 5.41 Å². The van der Waals surface area contributed by atoms with Crippen LogP contribution in [-0.2, 0) is 11.8 Å². The Bertz CT molecular complexity index is 4010. The Morgan fingerprint density at radius 2 is 1.16 bits per heavy atom. The van der Waals surface area contributed by atoms with Crippen LogP contribution in [-0.4, -0.2) is 15.0 Å². The van der Waals surface area contributed by atoms with E-state index in [0.717, 1.165) is 41.0 Å². The Hall–Kier alpha value is -8.47. The van der Waals surface area contributed by atoms with Gasteiger partial charge in [0.1, 0.15) is 12.0 Å². The number of nitrogens with one attached hydrogen (secondary N) is 1. The number of hydrogen-bond donors (Lipinski definition) is 1. The Morgan fingerprint density at radius 3 is 1.94 bits per heavy atom. The highest BCUT2D eigenvalue weighted by atomic mass is 15.2. The number of hydrogen-bond acceptors (Lipinski definition) is 2. The van der Waals surface area contributed by atoms with Gasteiger partial charge >= 0.3 is 0 Å². The van der Waals surface area contributed by atoms with Crippen LogP contribution in [0, 0.1) is 0 Å². The number of benzene rings is 9. The Labute approximate surface area is 388 Å². The fraction of sp³-hybridized carbons (Fsp3) is 0.0635. The van der Waals surface area contributed by atoms with Crippen LogP contribution < -0.4 is 5.32 Å². The number of rotatable bonds is 3. The fourth-order valence-electron chi connectivity index (χ4n) is 12.5. The molecule has 9 aromatic carbocycles. The minimum absolute atomic E-state index is 0.279. The van der Waals surface area contributed by atoms with E-state index >= 15 is 0 Å². The summed E-state index contributed by atoms with van der Waals surface area (Å²) in [7, 11) is 0. The van der Waals surface area contributed by atoms with Gasteiger partial charge < -0.3 is 9.88 Å². The molecular formula is C63H42N4. The molecule has 0 amide bonds. The third kappa shape index (κ3) is 4.94. The van der Waals surface area contributed by atoms with E-state index in [-0.39, 0.29) is 6.17 Å². The normalized spacial score (nSPS) is 17.6. The van der Waals surface area contributed by atoms with Gasteiger partial charge in [-0.2, -0.15) is 0 Å². The van der Waals surface area contributed by atoms with Crippen LogP contribution in [0.4, 0.5) is 0 Å². The maximum atomic E-state index is 5.62. The summed E-state index contributed by atoms with van der Waals surface area (Å²) in [4.78, 5) is 5.62. The van der Waals surface area contributed by atoms with Crippen molar-refractivity contribution in [3.8, 4) is 27.9 Å². The van der Waals surface area contributed by atoms with E-state index in [0.29, 0.717) is 0 Å². The average molecular weight is 855 g/mol. The zero-order valence-corrected chi connectivity index (χ0v) is 36.6. The molecule has 3 aliphatic carbocycles. The van der Waals surface area contributed by atoms with Crippen molar-refractivity contribution in [2.75, 3.05) is 0 Å². The summed E-state index contributed by atoms with van der Waals surface area (Å²) in [5.41, 5.74) is 20.8. The molecule has 4 aliphatic rings. The SMILES string of the molecule is C1=Cc2c(n(-c3ccc4ccccc4c3)c3c4c(ccc23)C2(c3ccccc3-4)c3ccccc3-c3c2ccc2c4ccccc4n(C4=NC(c5ccccc5)NC(c5ccccc5)=C4)c32)CC1. The summed E-state index contributed by atoms with van der Waals surface area (Å²) in [6.07, 6.45) is 8.73. The first-order valence-electron chi connectivity index (χ1n) is 23.6. The monoisotopic (exact) mass is 854 g/mol. The second-order valence-corrected chi connectivity index (χ2v) is 18.5. The maximum Gasteiger partial charge on any atom is 0.147 e. The molecule has 0 radical (unpaired) electrons. The molecule has 0 saturated heterocycles. The molecule has 2 unspecified atom stereocenters. The van der Waals surface area contributed by atoms with Crippen LogP contribution in [0.3, 0.4) is 0 Å². The lowest BCUT2D eigenvalue weighted by Crippen LogP contribution is -2.27. The van der Waals surface area contributed by atoms with E-state index in [4.69, 9.17) is 4.99 Å². The number of nitrogens with zero attached hydrogens (tertiary/aromatic N) is 3. The molecule has 3 heterocycles. The van der Waals surface area contributed by atoms with E-state index in [1.54, 1.807) is 0 Å². The minimum atomic E-state index is -0.566. The molecule has 2 atom stereocenters.